The highest BCUT2D eigenvalue weighted by Crippen LogP contribution is 2.22. The average molecular weight is 349 g/mol. The van der Waals surface area contributed by atoms with E-state index in [1.807, 2.05) is 17.4 Å². The predicted octanol–water partition coefficient (Wildman–Crippen LogP) is 3.03. The molecule has 2 aromatic rings. The van der Waals surface area contributed by atoms with E-state index in [0.29, 0.717) is 0 Å². The Hall–Kier alpha value is -1.16. The molecule has 3 nitrogen and oxygen atoms in total. The minimum Gasteiger partial charge on any atom is -0.384 e. The second-order valence-electron chi connectivity index (χ2n) is 5.77. The molecule has 124 valence electrons. The molecule has 23 heavy (non-hydrogen) atoms. The lowest BCUT2D eigenvalue weighted by atomic mass is 10.2. The van der Waals surface area contributed by atoms with Gasteiger partial charge in [-0.1, -0.05) is 11.8 Å². The van der Waals surface area contributed by atoms with Gasteiger partial charge in [-0.05, 0) is 50.2 Å². The van der Waals surface area contributed by atoms with E-state index in [4.69, 9.17) is 5.11 Å². The molecule has 0 saturated heterocycles. The smallest absolute Gasteiger partial charge is 0.104 e. The van der Waals surface area contributed by atoms with Crippen LogP contribution in [0.3, 0.4) is 0 Å². The quantitative estimate of drug-likeness (QED) is 0.779. The van der Waals surface area contributed by atoms with Crippen LogP contribution in [0.4, 0.5) is 0 Å². The molecule has 0 unspecified atom stereocenters. The first-order chi connectivity index (χ1) is 11.1. The number of aliphatic hydroxyl groups excluding tert-OH is 1. The Bertz CT molecular complexity index is 664. The van der Waals surface area contributed by atoms with E-state index in [9.17, 15) is 0 Å². The van der Waals surface area contributed by atoms with Crippen molar-refractivity contribution >= 4 is 22.7 Å². The first kappa shape index (κ1) is 18.2. The topological polar surface area (TPSA) is 26.7 Å². The molecule has 2 aromatic heterocycles. The Balaban J connectivity index is 2.04. The summed E-state index contributed by atoms with van der Waals surface area (Å²) in [5, 5.41) is 11.0. The highest BCUT2D eigenvalue weighted by atomic mass is 32.1. The average Bonchev–Trinajstić information content (AvgIpc) is 3.12. The second-order valence-corrected chi connectivity index (χ2v) is 7.94. The number of likely N-dealkylation sites (N-methyl/N-ethyl adjacent to an activating group) is 1. The Morgan fingerprint density at radius 2 is 1.96 bits per heavy atom. The fraction of sp³-hybridized carbons (Fsp3) is 0.444. The third kappa shape index (κ3) is 6.09. The van der Waals surface area contributed by atoms with Crippen LogP contribution in [-0.4, -0.2) is 48.7 Å². The predicted molar refractivity (Wildman–Crippen MR) is 100 cm³/mol. The standard InChI is InChI=1S/C18H24N2OS2/c1-15-8-12-22-18(15)14-20(10-9-19(2)3)13-17-7-6-16(23-17)5-4-11-21/h6-8,12,21H,9-11,13-14H2,1-3H3. The van der Waals surface area contributed by atoms with Gasteiger partial charge < -0.3 is 10.0 Å². The molecule has 0 aromatic carbocycles. The Morgan fingerprint density at radius 1 is 1.13 bits per heavy atom. The van der Waals surface area contributed by atoms with E-state index in [-0.39, 0.29) is 6.61 Å². The molecule has 5 heteroatoms. The maximum Gasteiger partial charge on any atom is 0.104 e. The molecule has 2 rings (SSSR count). The Morgan fingerprint density at radius 3 is 2.61 bits per heavy atom. The monoisotopic (exact) mass is 348 g/mol. The molecular weight excluding hydrogens is 324 g/mol. The van der Waals surface area contributed by atoms with Gasteiger partial charge in [0, 0.05) is 35.9 Å². The Kier molecular flexibility index (Phi) is 7.28. The van der Waals surface area contributed by atoms with E-state index < -0.39 is 0 Å². The van der Waals surface area contributed by atoms with E-state index in [1.165, 1.54) is 15.3 Å². The van der Waals surface area contributed by atoms with Gasteiger partial charge >= 0.3 is 0 Å². The van der Waals surface area contributed by atoms with Crippen molar-refractivity contribution in [2.24, 2.45) is 0 Å². The third-order valence-corrected chi connectivity index (χ3v) is 5.52. The summed E-state index contributed by atoms with van der Waals surface area (Å²) in [6, 6.07) is 6.39. The van der Waals surface area contributed by atoms with Crippen LogP contribution >= 0.6 is 22.7 Å². The normalized spacial score (nSPS) is 11.0. The minimum atomic E-state index is -0.0835. The number of aliphatic hydroxyl groups is 1. The van der Waals surface area contributed by atoms with Crippen LogP contribution in [0.5, 0.6) is 0 Å². The molecule has 0 atom stereocenters. The van der Waals surface area contributed by atoms with Crippen molar-refractivity contribution in [3.8, 4) is 11.8 Å². The van der Waals surface area contributed by atoms with Gasteiger partial charge in [0.15, 0.2) is 0 Å². The summed E-state index contributed by atoms with van der Waals surface area (Å²) in [6.07, 6.45) is 0. The van der Waals surface area contributed by atoms with E-state index in [0.717, 1.165) is 31.1 Å². The summed E-state index contributed by atoms with van der Waals surface area (Å²) >= 11 is 3.55. The van der Waals surface area contributed by atoms with Crippen LogP contribution in [0, 0.1) is 18.8 Å². The summed E-state index contributed by atoms with van der Waals surface area (Å²) < 4.78 is 0. The first-order valence-corrected chi connectivity index (χ1v) is 9.36. The molecule has 0 fully saturated rings. The van der Waals surface area contributed by atoms with Crippen molar-refractivity contribution in [3.63, 3.8) is 0 Å². The summed E-state index contributed by atoms with van der Waals surface area (Å²) in [4.78, 5) is 8.50. The first-order valence-electron chi connectivity index (χ1n) is 7.67. The number of nitrogens with zero attached hydrogens (tertiary/aromatic N) is 2. The van der Waals surface area contributed by atoms with Gasteiger partial charge in [-0.3, -0.25) is 4.90 Å². The third-order valence-electron chi connectivity index (χ3n) is 3.53. The van der Waals surface area contributed by atoms with Crippen LogP contribution in [0.1, 0.15) is 20.2 Å². The lowest BCUT2D eigenvalue weighted by Gasteiger charge is -2.23. The lowest BCUT2D eigenvalue weighted by Crippen LogP contribution is -2.30. The second kappa shape index (κ2) is 9.21. The van der Waals surface area contributed by atoms with Crippen LogP contribution < -0.4 is 0 Å². The van der Waals surface area contributed by atoms with Crippen molar-refractivity contribution in [2.45, 2.75) is 20.0 Å². The molecule has 0 amide bonds. The van der Waals surface area contributed by atoms with E-state index >= 15 is 0 Å². The summed E-state index contributed by atoms with van der Waals surface area (Å²) in [7, 11) is 4.23. The van der Waals surface area contributed by atoms with Crippen LogP contribution in [0.2, 0.25) is 0 Å². The molecule has 0 saturated carbocycles. The zero-order valence-electron chi connectivity index (χ0n) is 14.0. The maximum absolute atomic E-state index is 8.79. The lowest BCUT2D eigenvalue weighted by molar-refractivity contribution is 0.229. The molecule has 0 bridgehead atoms. The molecule has 0 aliphatic carbocycles. The summed E-state index contributed by atoms with van der Waals surface area (Å²) in [5.41, 5.74) is 1.38. The number of rotatable bonds is 7. The van der Waals surface area contributed by atoms with Crippen LogP contribution in [-0.2, 0) is 13.1 Å². The van der Waals surface area contributed by atoms with Gasteiger partial charge in [0.2, 0.25) is 0 Å². The molecule has 1 N–H and O–H groups in total. The zero-order chi connectivity index (χ0) is 16.7. The van der Waals surface area contributed by atoms with E-state index in [1.54, 1.807) is 11.3 Å². The SMILES string of the molecule is Cc1ccsc1CN(CCN(C)C)Cc1ccc(C#CCO)s1. The van der Waals surface area contributed by atoms with Gasteiger partial charge in [0.05, 0.1) is 4.88 Å². The highest BCUT2D eigenvalue weighted by Gasteiger charge is 2.11. The molecule has 2 heterocycles. The molecule has 0 radical (unpaired) electrons. The van der Waals surface area contributed by atoms with Gasteiger partial charge in [-0.15, -0.1) is 22.7 Å². The highest BCUT2D eigenvalue weighted by molar-refractivity contribution is 7.12. The molecule has 0 spiro atoms. The maximum atomic E-state index is 8.79. The number of hydrogen-bond acceptors (Lipinski definition) is 5. The van der Waals surface area contributed by atoms with Crippen LogP contribution in [0.15, 0.2) is 23.6 Å². The van der Waals surface area contributed by atoms with Crippen molar-refractivity contribution in [1.82, 2.24) is 9.80 Å². The van der Waals surface area contributed by atoms with Crippen molar-refractivity contribution < 1.29 is 5.11 Å². The van der Waals surface area contributed by atoms with E-state index in [2.05, 4.69) is 60.2 Å². The van der Waals surface area contributed by atoms with Gasteiger partial charge in [0.25, 0.3) is 0 Å². The van der Waals surface area contributed by atoms with Crippen LogP contribution in [0.25, 0.3) is 0 Å². The summed E-state index contributed by atoms with van der Waals surface area (Å²) in [5.74, 6) is 5.70. The fourth-order valence-corrected chi connectivity index (χ4v) is 4.07. The summed E-state index contributed by atoms with van der Waals surface area (Å²) in [6.45, 7) is 6.12. The van der Waals surface area contributed by atoms with Crippen molar-refractivity contribution in [2.75, 3.05) is 33.8 Å². The molecule has 0 aliphatic rings. The largest absolute Gasteiger partial charge is 0.384 e. The number of thiophene rings is 2. The minimum absolute atomic E-state index is 0.0835. The fourth-order valence-electron chi connectivity index (χ4n) is 2.20. The molecular formula is C18H24N2OS2. The molecule has 0 aliphatic heterocycles. The Labute approximate surface area is 147 Å². The number of hydrogen-bond donors (Lipinski definition) is 1. The van der Waals surface area contributed by atoms with Crippen molar-refractivity contribution in [3.05, 3.63) is 43.8 Å². The van der Waals surface area contributed by atoms with Gasteiger partial charge in [0.1, 0.15) is 6.61 Å². The zero-order valence-corrected chi connectivity index (χ0v) is 15.6. The van der Waals surface area contributed by atoms with Gasteiger partial charge in [-0.25, -0.2) is 0 Å². The van der Waals surface area contributed by atoms with Gasteiger partial charge in [-0.2, -0.15) is 0 Å². The number of aryl methyl sites for hydroxylation is 1. The van der Waals surface area contributed by atoms with Crippen molar-refractivity contribution in [1.29, 1.82) is 0 Å².